The van der Waals surface area contributed by atoms with Gasteiger partial charge in [0.2, 0.25) is 0 Å². The van der Waals surface area contributed by atoms with Gasteiger partial charge in [-0.2, -0.15) is 0 Å². The third kappa shape index (κ3) is 3.40. The molecule has 0 saturated carbocycles. The highest BCUT2D eigenvalue weighted by atomic mass is 16.5. The van der Waals surface area contributed by atoms with Gasteiger partial charge < -0.3 is 15.0 Å². The zero-order valence-corrected chi connectivity index (χ0v) is 14.3. The van der Waals surface area contributed by atoms with Gasteiger partial charge in [-0.25, -0.2) is 0 Å². The van der Waals surface area contributed by atoms with Crippen LogP contribution in [0.5, 0.6) is 0 Å². The van der Waals surface area contributed by atoms with Crippen molar-refractivity contribution in [3.05, 3.63) is 0 Å². The number of hydrogen-bond donors (Lipinski definition) is 1. The Bertz CT molecular complexity index is 392. The van der Waals surface area contributed by atoms with Crippen LogP contribution in [0.1, 0.15) is 39.0 Å². The molecule has 3 rings (SSSR count). The molecule has 2 atom stereocenters. The van der Waals surface area contributed by atoms with Crippen LogP contribution >= 0.6 is 0 Å². The number of likely N-dealkylation sites (N-methyl/N-ethyl adjacent to an activating group) is 1. The van der Waals surface area contributed by atoms with Crippen molar-refractivity contribution < 1.29 is 4.74 Å². The van der Waals surface area contributed by atoms with Crippen LogP contribution in [0.3, 0.4) is 0 Å². The lowest BCUT2D eigenvalue weighted by atomic mass is 9.87. The van der Waals surface area contributed by atoms with Gasteiger partial charge in [0.05, 0.1) is 6.61 Å². The van der Waals surface area contributed by atoms with Crippen molar-refractivity contribution in [2.24, 2.45) is 10.4 Å². The number of likely N-dealkylation sites (tertiary alicyclic amines) is 2. The Labute approximate surface area is 135 Å². The summed E-state index contributed by atoms with van der Waals surface area (Å²) in [5.41, 5.74) is 0.401. The van der Waals surface area contributed by atoms with Gasteiger partial charge in [-0.15, -0.1) is 0 Å². The Balaban J connectivity index is 1.52. The Kier molecular flexibility index (Phi) is 5.24. The summed E-state index contributed by atoms with van der Waals surface area (Å²) in [5.74, 6) is 1.09. The van der Waals surface area contributed by atoms with Crippen LogP contribution in [0.4, 0.5) is 0 Å². The fraction of sp³-hybridized carbons (Fsp3) is 0.941. The largest absolute Gasteiger partial charge is 0.381 e. The molecule has 2 unspecified atom stereocenters. The molecule has 0 bridgehead atoms. The number of guanidine groups is 1. The smallest absolute Gasteiger partial charge is 0.193 e. The highest BCUT2D eigenvalue weighted by molar-refractivity contribution is 5.80. The summed E-state index contributed by atoms with van der Waals surface area (Å²) >= 11 is 0. The number of nitrogens with one attached hydrogen (secondary N) is 1. The molecule has 5 nitrogen and oxygen atoms in total. The molecule has 0 aromatic heterocycles. The summed E-state index contributed by atoms with van der Waals surface area (Å²) in [5, 5.41) is 3.65. The summed E-state index contributed by atoms with van der Waals surface area (Å²) in [6.45, 7) is 9.82. The third-order valence-electron chi connectivity index (χ3n) is 5.79. The molecular formula is C17H32N4O. The van der Waals surface area contributed by atoms with Gasteiger partial charge in [-0.1, -0.05) is 13.3 Å². The lowest BCUT2D eigenvalue weighted by Crippen LogP contribution is -2.49. The summed E-state index contributed by atoms with van der Waals surface area (Å²) in [6, 6.07) is 0.668. The summed E-state index contributed by atoms with van der Waals surface area (Å²) in [7, 11) is 1.91. The average Bonchev–Trinajstić information content (AvgIpc) is 3.19. The molecule has 126 valence electrons. The standard InChI is InChI=1S/C17H32N4O/c1-3-20-9-5-4-6-15(20)12-19-16(18-2)21-10-7-17(13-21)8-11-22-14-17/h15H,3-14H2,1-2H3,(H,18,19). The summed E-state index contributed by atoms with van der Waals surface area (Å²) in [6.07, 6.45) is 6.50. The second kappa shape index (κ2) is 7.18. The fourth-order valence-electron chi connectivity index (χ4n) is 4.34. The van der Waals surface area contributed by atoms with Gasteiger partial charge in [0.15, 0.2) is 5.96 Å². The normalized spacial score (nSPS) is 33.8. The van der Waals surface area contributed by atoms with Crippen molar-refractivity contribution in [2.75, 3.05) is 53.0 Å². The van der Waals surface area contributed by atoms with Crippen LogP contribution in [-0.2, 0) is 4.74 Å². The van der Waals surface area contributed by atoms with E-state index in [2.05, 4.69) is 27.0 Å². The molecule has 1 N–H and O–H groups in total. The Morgan fingerprint density at radius 3 is 2.95 bits per heavy atom. The molecule has 3 heterocycles. The molecule has 5 heteroatoms. The van der Waals surface area contributed by atoms with Crippen LogP contribution in [0.15, 0.2) is 4.99 Å². The molecule has 3 aliphatic heterocycles. The van der Waals surface area contributed by atoms with E-state index in [9.17, 15) is 0 Å². The number of piperidine rings is 1. The maximum Gasteiger partial charge on any atom is 0.193 e. The number of hydrogen-bond acceptors (Lipinski definition) is 3. The van der Waals surface area contributed by atoms with Gasteiger partial charge in [0.1, 0.15) is 0 Å². The van der Waals surface area contributed by atoms with E-state index in [0.717, 1.165) is 45.4 Å². The summed E-state index contributed by atoms with van der Waals surface area (Å²) in [4.78, 5) is 9.58. The lowest BCUT2D eigenvalue weighted by molar-refractivity contribution is 0.154. The average molecular weight is 308 g/mol. The van der Waals surface area contributed by atoms with Crippen molar-refractivity contribution in [1.29, 1.82) is 0 Å². The number of ether oxygens (including phenoxy) is 1. The van der Waals surface area contributed by atoms with Crippen molar-refractivity contribution in [1.82, 2.24) is 15.1 Å². The van der Waals surface area contributed by atoms with E-state index in [1.807, 2.05) is 7.05 Å². The minimum atomic E-state index is 0.401. The first-order valence-electron chi connectivity index (χ1n) is 9.04. The van der Waals surface area contributed by atoms with E-state index >= 15 is 0 Å². The maximum atomic E-state index is 5.63. The first-order chi connectivity index (χ1) is 10.8. The monoisotopic (exact) mass is 308 g/mol. The van der Waals surface area contributed by atoms with E-state index in [-0.39, 0.29) is 0 Å². The van der Waals surface area contributed by atoms with Crippen LogP contribution in [0.25, 0.3) is 0 Å². The Hall–Kier alpha value is -0.810. The molecule has 0 aromatic carbocycles. The maximum absolute atomic E-state index is 5.63. The van der Waals surface area contributed by atoms with E-state index in [0.29, 0.717) is 11.5 Å². The van der Waals surface area contributed by atoms with Crippen molar-refractivity contribution in [3.63, 3.8) is 0 Å². The molecule has 0 radical (unpaired) electrons. The van der Waals surface area contributed by atoms with Crippen molar-refractivity contribution in [3.8, 4) is 0 Å². The van der Waals surface area contributed by atoms with Crippen LogP contribution < -0.4 is 5.32 Å². The molecule has 3 fully saturated rings. The Morgan fingerprint density at radius 2 is 2.23 bits per heavy atom. The van der Waals surface area contributed by atoms with Gasteiger partial charge in [-0.3, -0.25) is 9.89 Å². The fourth-order valence-corrected chi connectivity index (χ4v) is 4.34. The van der Waals surface area contributed by atoms with E-state index in [4.69, 9.17) is 4.74 Å². The molecule has 22 heavy (non-hydrogen) atoms. The zero-order valence-electron chi connectivity index (χ0n) is 14.3. The van der Waals surface area contributed by atoms with E-state index < -0.39 is 0 Å². The van der Waals surface area contributed by atoms with E-state index in [1.165, 1.54) is 38.6 Å². The van der Waals surface area contributed by atoms with Crippen LogP contribution in [0, 0.1) is 5.41 Å². The molecule has 0 amide bonds. The number of aliphatic imine (C=N–C) groups is 1. The zero-order chi connectivity index (χ0) is 15.4. The van der Waals surface area contributed by atoms with Gasteiger partial charge in [0, 0.05) is 44.7 Å². The number of rotatable bonds is 3. The predicted octanol–water partition coefficient (Wildman–Crippen LogP) is 1.55. The second-order valence-corrected chi connectivity index (χ2v) is 7.18. The lowest BCUT2D eigenvalue weighted by Gasteiger charge is -2.36. The minimum absolute atomic E-state index is 0.401. The highest BCUT2D eigenvalue weighted by Crippen LogP contribution is 2.38. The molecule has 3 saturated heterocycles. The topological polar surface area (TPSA) is 40.1 Å². The van der Waals surface area contributed by atoms with Crippen LogP contribution in [-0.4, -0.2) is 74.8 Å². The van der Waals surface area contributed by atoms with Gasteiger partial charge >= 0.3 is 0 Å². The first kappa shape index (κ1) is 16.1. The highest BCUT2D eigenvalue weighted by Gasteiger charge is 2.42. The van der Waals surface area contributed by atoms with Crippen LogP contribution in [0.2, 0.25) is 0 Å². The van der Waals surface area contributed by atoms with Gasteiger partial charge in [0.25, 0.3) is 0 Å². The summed E-state index contributed by atoms with van der Waals surface area (Å²) < 4.78 is 5.63. The predicted molar refractivity (Wildman–Crippen MR) is 90.3 cm³/mol. The quantitative estimate of drug-likeness (QED) is 0.634. The second-order valence-electron chi connectivity index (χ2n) is 7.18. The van der Waals surface area contributed by atoms with Crippen molar-refractivity contribution in [2.45, 2.75) is 45.1 Å². The molecule has 0 aliphatic carbocycles. The SMILES string of the molecule is CCN1CCCCC1CNC(=NC)N1CCC2(CCOC2)C1. The van der Waals surface area contributed by atoms with Gasteiger partial charge in [-0.05, 0) is 38.8 Å². The molecule has 3 aliphatic rings. The minimum Gasteiger partial charge on any atom is -0.381 e. The molecule has 1 spiro atoms. The Morgan fingerprint density at radius 1 is 1.32 bits per heavy atom. The van der Waals surface area contributed by atoms with E-state index in [1.54, 1.807) is 0 Å². The molecule has 0 aromatic rings. The third-order valence-corrected chi connectivity index (χ3v) is 5.79. The number of nitrogens with zero attached hydrogens (tertiary/aromatic N) is 3. The first-order valence-corrected chi connectivity index (χ1v) is 9.04. The van der Waals surface area contributed by atoms with Crippen molar-refractivity contribution >= 4 is 5.96 Å². The molecular weight excluding hydrogens is 276 g/mol.